The largest absolute Gasteiger partial charge is 0.271 e. The van der Waals surface area contributed by atoms with Crippen molar-refractivity contribution in [3.8, 4) is 0 Å². The molecule has 2 unspecified atom stereocenters. The van der Waals surface area contributed by atoms with Gasteiger partial charge < -0.3 is 0 Å². The van der Waals surface area contributed by atoms with Gasteiger partial charge in [0, 0.05) is 5.25 Å². The molecule has 1 aliphatic carbocycles. The van der Waals surface area contributed by atoms with Crippen molar-refractivity contribution in [1.29, 1.82) is 0 Å². The van der Waals surface area contributed by atoms with E-state index in [0.29, 0.717) is 11.3 Å². The number of thioether (sulfide) groups is 1. The van der Waals surface area contributed by atoms with Gasteiger partial charge in [0.05, 0.1) is 6.04 Å². The Morgan fingerprint density at radius 3 is 2.68 bits per heavy atom. The Hall–Kier alpha value is -0.510. The quantitative estimate of drug-likeness (QED) is 0.650. The van der Waals surface area contributed by atoms with Crippen molar-refractivity contribution in [1.82, 2.24) is 5.43 Å². The van der Waals surface area contributed by atoms with Crippen molar-refractivity contribution < 1.29 is 0 Å². The molecule has 0 amide bonds. The molecule has 104 valence electrons. The van der Waals surface area contributed by atoms with Gasteiger partial charge in [0.2, 0.25) is 0 Å². The first kappa shape index (κ1) is 13.5. The fourth-order valence-corrected chi connectivity index (χ4v) is 4.63. The van der Waals surface area contributed by atoms with Gasteiger partial charge in [0.25, 0.3) is 0 Å². The molecule has 2 fully saturated rings. The highest BCUT2D eigenvalue weighted by Gasteiger charge is 2.26. The summed E-state index contributed by atoms with van der Waals surface area (Å²) in [6.45, 7) is 0. The lowest BCUT2D eigenvalue weighted by molar-refractivity contribution is 0.418. The molecule has 0 aromatic heterocycles. The molecule has 2 aliphatic rings. The van der Waals surface area contributed by atoms with Crippen LogP contribution in [-0.2, 0) is 0 Å². The zero-order chi connectivity index (χ0) is 13.1. The standard InChI is InChI=1S/C16H24N2S/c17-18-16(15-9-1-2-10-19-15)14-8-4-7-13(11-14)12-5-3-6-12/h4,7-8,11-12,15-16,18H,1-3,5-6,9-10,17H2. The third-order valence-electron chi connectivity index (χ3n) is 4.61. The van der Waals surface area contributed by atoms with Crippen LogP contribution in [0.5, 0.6) is 0 Å². The Labute approximate surface area is 120 Å². The molecular weight excluding hydrogens is 252 g/mol. The molecule has 1 heterocycles. The molecule has 1 saturated heterocycles. The molecule has 2 atom stereocenters. The summed E-state index contributed by atoms with van der Waals surface area (Å²) < 4.78 is 0. The molecular formula is C16H24N2S. The molecule has 2 nitrogen and oxygen atoms in total. The highest BCUT2D eigenvalue weighted by molar-refractivity contribution is 8.00. The Kier molecular flexibility index (Phi) is 4.46. The third-order valence-corrected chi connectivity index (χ3v) is 6.07. The van der Waals surface area contributed by atoms with Crippen LogP contribution in [0.25, 0.3) is 0 Å². The number of nitrogens with one attached hydrogen (secondary N) is 1. The number of hydrogen-bond acceptors (Lipinski definition) is 3. The van der Waals surface area contributed by atoms with Crippen molar-refractivity contribution in [3.05, 3.63) is 35.4 Å². The minimum absolute atomic E-state index is 0.310. The number of hydrazine groups is 1. The lowest BCUT2D eigenvalue weighted by atomic mass is 9.79. The van der Waals surface area contributed by atoms with Crippen LogP contribution in [0.1, 0.15) is 61.6 Å². The van der Waals surface area contributed by atoms with Crippen LogP contribution in [0.3, 0.4) is 0 Å². The Morgan fingerprint density at radius 1 is 1.16 bits per heavy atom. The van der Waals surface area contributed by atoms with Gasteiger partial charge in [0.1, 0.15) is 0 Å². The zero-order valence-electron chi connectivity index (χ0n) is 11.5. The smallest absolute Gasteiger partial charge is 0.0578 e. The fraction of sp³-hybridized carbons (Fsp3) is 0.625. The van der Waals surface area contributed by atoms with Gasteiger partial charge in [-0.1, -0.05) is 37.1 Å². The molecule has 1 saturated carbocycles. The first-order valence-electron chi connectivity index (χ1n) is 7.56. The first-order valence-corrected chi connectivity index (χ1v) is 8.61. The third kappa shape index (κ3) is 2.99. The van der Waals surface area contributed by atoms with E-state index in [1.807, 2.05) is 0 Å². The van der Waals surface area contributed by atoms with E-state index in [-0.39, 0.29) is 0 Å². The number of hydrogen-bond donors (Lipinski definition) is 2. The van der Waals surface area contributed by atoms with E-state index in [1.165, 1.54) is 55.4 Å². The summed E-state index contributed by atoms with van der Waals surface area (Å²) in [7, 11) is 0. The summed E-state index contributed by atoms with van der Waals surface area (Å²) in [4.78, 5) is 0. The second-order valence-electron chi connectivity index (χ2n) is 5.85. The molecule has 0 spiro atoms. The summed E-state index contributed by atoms with van der Waals surface area (Å²) in [6, 6.07) is 9.44. The molecule has 1 aromatic carbocycles. The molecule has 19 heavy (non-hydrogen) atoms. The summed E-state index contributed by atoms with van der Waals surface area (Å²) in [6.07, 6.45) is 8.11. The van der Waals surface area contributed by atoms with E-state index in [4.69, 9.17) is 5.84 Å². The zero-order valence-corrected chi connectivity index (χ0v) is 12.3. The fourth-order valence-electron chi connectivity index (χ4n) is 3.19. The van der Waals surface area contributed by atoms with Crippen LogP contribution in [-0.4, -0.2) is 11.0 Å². The number of benzene rings is 1. The van der Waals surface area contributed by atoms with E-state index in [1.54, 1.807) is 0 Å². The summed E-state index contributed by atoms with van der Waals surface area (Å²) in [5, 5.41) is 0.635. The molecule has 1 aromatic rings. The average molecular weight is 276 g/mol. The summed E-state index contributed by atoms with van der Waals surface area (Å²) in [5.41, 5.74) is 5.97. The predicted molar refractivity (Wildman–Crippen MR) is 83.2 cm³/mol. The first-order chi connectivity index (χ1) is 9.38. The van der Waals surface area contributed by atoms with Crippen LogP contribution in [0.2, 0.25) is 0 Å². The minimum atomic E-state index is 0.310. The molecule has 0 bridgehead atoms. The Balaban J connectivity index is 1.77. The van der Waals surface area contributed by atoms with Crippen LogP contribution in [0, 0.1) is 0 Å². The molecule has 0 radical (unpaired) electrons. The lowest BCUT2D eigenvalue weighted by Crippen LogP contribution is -2.36. The predicted octanol–water partition coefficient (Wildman–Crippen LogP) is 3.74. The minimum Gasteiger partial charge on any atom is -0.271 e. The lowest BCUT2D eigenvalue weighted by Gasteiger charge is -2.31. The van der Waals surface area contributed by atoms with Gasteiger partial charge in [-0.2, -0.15) is 11.8 Å². The molecule has 1 aliphatic heterocycles. The van der Waals surface area contributed by atoms with Gasteiger partial charge in [-0.15, -0.1) is 0 Å². The SMILES string of the molecule is NNC(c1cccc(C2CCC2)c1)C1CCCCS1. The van der Waals surface area contributed by atoms with E-state index in [0.717, 1.165) is 5.92 Å². The highest BCUT2D eigenvalue weighted by atomic mass is 32.2. The van der Waals surface area contributed by atoms with Crippen molar-refractivity contribution in [2.75, 3.05) is 5.75 Å². The van der Waals surface area contributed by atoms with Gasteiger partial charge in [-0.25, -0.2) is 0 Å². The topological polar surface area (TPSA) is 38.0 Å². The second kappa shape index (κ2) is 6.29. The van der Waals surface area contributed by atoms with Gasteiger partial charge in [0.15, 0.2) is 0 Å². The van der Waals surface area contributed by atoms with E-state index in [9.17, 15) is 0 Å². The molecule has 3 N–H and O–H groups in total. The Morgan fingerprint density at radius 2 is 2.05 bits per heavy atom. The maximum absolute atomic E-state index is 5.84. The van der Waals surface area contributed by atoms with Crippen molar-refractivity contribution >= 4 is 11.8 Å². The van der Waals surface area contributed by atoms with Crippen molar-refractivity contribution in [2.45, 2.75) is 55.7 Å². The second-order valence-corrected chi connectivity index (χ2v) is 7.19. The highest BCUT2D eigenvalue weighted by Crippen LogP contribution is 2.39. The van der Waals surface area contributed by atoms with Crippen LogP contribution in [0.4, 0.5) is 0 Å². The maximum atomic E-state index is 5.84. The van der Waals surface area contributed by atoms with E-state index >= 15 is 0 Å². The monoisotopic (exact) mass is 276 g/mol. The van der Waals surface area contributed by atoms with Crippen LogP contribution >= 0.6 is 11.8 Å². The van der Waals surface area contributed by atoms with Gasteiger partial charge >= 0.3 is 0 Å². The average Bonchev–Trinajstić information content (AvgIpc) is 2.39. The van der Waals surface area contributed by atoms with Crippen molar-refractivity contribution in [2.24, 2.45) is 5.84 Å². The normalized spacial score (nSPS) is 25.8. The summed E-state index contributed by atoms with van der Waals surface area (Å²) >= 11 is 2.08. The number of nitrogens with two attached hydrogens (primary N) is 1. The Bertz CT molecular complexity index is 411. The maximum Gasteiger partial charge on any atom is 0.0578 e. The van der Waals surface area contributed by atoms with E-state index < -0.39 is 0 Å². The molecule has 3 heteroatoms. The van der Waals surface area contributed by atoms with Crippen LogP contribution in [0.15, 0.2) is 24.3 Å². The summed E-state index contributed by atoms with van der Waals surface area (Å²) in [5.74, 6) is 7.93. The molecule has 3 rings (SSSR count). The van der Waals surface area contributed by atoms with Gasteiger partial charge in [-0.3, -0.25) is 11.3 Å². The van der Waals surface area contributed by atoms with Crippen LogP contribution < -0.4 is 11.3 Å². The van der Waals surface area contributed by atoms with E-state index in [2.05, 4.69) is 41.5 Å². The van der Waals surface area contributed by atoms with Crippen molar-refractivity contribution in [3.63, 3.8) is 0 Å². The van der Waals surface area contributed by atoms with Gasteiger partial charge in [-0.05, 0) is 48.5 Å². The number of rotatable bonds is 4.